The minimum absolute atomic E-state index is 0.00231. The zero-order chi connectivity index (χ0) is 14.1. The van der Waals surface area contributed by atoms with Crippen LogP contribution in [0.4, 0.5) is 13.2 Å². The number of halogens is 3. The molecule has 1 aromatic rings. The fourth-order valence-corrected chi connectivity index (χ4v) is 2.54. The van der Waals surface area contributed by atoms with Crippen molar-refractivity contribution < 1.29 is 18.0 Å². The minimum Gasteiger partial charge on any atom is -0.300 e. The Morgan fingerprint density at radius 3 is 2.26 bits per heavy atom. The summed E-state index contributed by atoms with van der Waals surface area (Å²) in [5.74, 6) is 0.00960. The average Bonchev–Trinajstić information content (AvgIpc) is 2.39. The highest BCUT2D eigenvalue weighted by molar-refractivity contribution is 5.80. The van der Waals surface area contributed by atoms with Gasteiger partial charge in [0.2, 0.25) is 0 Å². The Balaban J connectivity index is 2.51. The highest BCUT2D eigenvalue weighted by Gasteiger charge is 2.43. The van der Waals surface area contributed by atoms with Gasteiger partial charge in [-0.25, -0.2) is 0 Å². The molecule has 0 aromatic heterocycles. The SMILES string of the molecule is N#CC1(c2ccccc2C(F)(F)F)CCC(=O)CC1. The van der Waals surface area contributed by atoms with Crippen LogP contribution < -0.4 is 0 Å². The molecule has 2 rings (SSSR count). The average molecular weight is 267 g/mol. The maximum absolute atomic E-state index is 13.0. The Labute approximate surface area is 108 Å². The highest BCUT2D eigenvalue weighted by atomic mass is 19.4. The highest BCUT2D eigenvalue weighted by Crippen LogP contribution is 2.43. The zero-order valence-electron chi connectivity index (χ0n) is 10.1. The van der Waals surface area contributed by atoms with Crippen molar-refractivity contribution in [3.8, 4) is 6.07 Å². The van der Waals surface area contributed by atoms with E-state index in [0.717, 1.165) is 6.07 Å². The van der Waals surface area contributed by atoms with E-state index in [1.807, 2.05) is 6.07 Å². The maximum atomic E-state index is 13.0. The Kier molecular flexibility index (Phi) is 3.36. The zero-order valence-corrected chi connectivity index (χ0v) is 10.1. The standard InChI is InChI=1S/C14H12F3NO/c15-14(16,17)12-4-2-1-3-11(12)13(9-18)7-5-10(19)6-8-13/h1-4H,5-8H2. The summed E-state index contributed by atoms with van der Waals surface area (Å²) in [5.41, 5.74) is -1.97. The molecule has 1 saturated carbocycles. The Morgan fingerprint density at radius 1 is 1.16 bits per heavy atom. The summed E-state index contributed by atoms with van der Waals surface area (Å²) >= 11 is 0. The van der Waals surface area contributed by atoms with E-state index < -0.39 is 17.2 Å². The molecule has 0 atom stereocenters. The molecule has 1 aliphatic carbocycles. The second-order valence-electron chi connectivity index (χ2n) is 4.78. The second-order valence-corrected chi connectivity index (χ2v) is 4.78. The van der Waals surface area contributed by atoms with Crippen molar-refractivity contribution in [2.45, 2.75) is 37.3 Å². The van der Waals surface area contributed by atoms with Crippen LogP contribution in [0.3, 0.4) is 0 Å². The third-order valence-electron chi connectivity index (χ3n) is 3.62. The summed E-state index contributed by atoms with van der Waals surface area (Å²) < 4.78 is 39.0. The van der Waals surface area contributed by atoms with E-state index in [2.05, 4.69) is 0 Å². The summed E-state index contributed by atoms with van der Waals surface area (Å²) in [4.78, 5) is 11.2. The Morgan fingerprint density at radius 2 is 1.74 bits per heavy atom. The lowest BCUT2D eigenvalue weighted by Gasteiger charge is -2.32. The first kappa shape index (κ1) is 13.6. The van der Waals surface area contributed by atoms with E-state index in [-0.39, 0.29) is 37.0 Å². The van der Waals surface area contributed by atoms with Crippen molar-refractivity contribution in [3.63, 3.8) is 0 Å². The number of alkyl halides is 3. The molecule has 0 amide bonds. The van der Waals surface area contributed by atoms with E-state index in [1.165, 1.54) is 18.2 Å². The smallest absolute Gasteiger partial charge is 0.300 e. The first-order chi connectivity index (χ1) is 8.89. The molecule has 0 N–H and O–H groups in total. The van der Waals surface area contributed by atoms with Crippen molar-refractivity contribution in [3.05, 3.63) is 35.4 Å². The molecule has 5 heteroatoms. The van der Waals surface area contributed by atoms with Crippen LogP contribution >= 0.6 is 0 Å². The lowest BCUT2D eigenvalue weighted by molar-refractivity contribution is -0.138. The number of benzene rings is 1. The number of nitrogens with zero attached hydrogens (tertiary/aromatic N) is 1. The molecule has 1 aromatic carbocycles. The summed E-state index contributed by atoms with van der Waals surface area (Å²) in [6.45, 7) is 0. The monoisotopic (exact) mass is 267 g/mol. The van der Waals surface area contributed by atoms with Gasteiger partial charge < -0.3 is 0 Å². The van der Waals surface area contributed by atoms with Gasteiger partial charge in [-0.2, -0.15) is 18.4 Å². The van der Waals surface area contributed by atoms with Crippen molar-refractivity contribution in [1.82, 2.24) is 0 Å². The van der Waals surface area contributed by atoms with Gasteiger partial charge in [0, 0.05) is 12.8 Å². The topological polar surface area (TPSA) is 40.9 Å². The molecule has 0 spiro atoms. The molecular weight excluding hydrogens is 255 g/mol. The number of carbonyl (C=O) groups excluding carboxylic acids is 1. The molecule has 2 nitrogen and oxygen atoms in total. The van der Waals surface area contributed by atoms with Crippen LogP contribution in [0.15, 0.2) is 24.3 Å². The largest absolute Gasteiger partial charge is 0.416 e. The van der Waals surface area contributed by atoms with Crippen molar-refractivity contribution >= 4 is 5.78 Å². The maximum Gasteiger partial charge on any atom is 0.416 e. The number of ketones is 1. The molecule has 0 radical (unpaired) electrons. The van der Waals surface area contributed by atoms with Gasteiger partial charge in [0.05, 0.1) is 17.0 Å². The predicted octanol–water partition coefficient (Wildman–Crippen LogP) is 3.61. The molecule has 0 heterocycles. The van der Waals surface area contributed by atoms with Crippen molar-refractivity contribution in [1.29, 1.82) is 5.26 Å². The van der Waals surface area contributed by atoms with E-state index in [4.69, 9.17) is 0 Å². The molecule has 0 aliphatic heterocycles. The number of hydrogen-bond donors (Lipinski definition) is 0. The van der Waals surface area contributed by atoms with Crippen LogP contribution in [0.25, 0.3) is 0 Å². The van der Waals surface area contributed by atoms with Gasteiger partial charge in [0.25, 0.3) is 0 Å². The van der Waals surface area contributed by atoms with Gasteiger partial charge in [-0.1, -0.05) is 18.2 Å². The third kappa shape index (κ3) is 2.48. The summed E-state index contributed by atoms with van der Waals surface area (Å²) in [7, 11) is 0. The van der Waals surface area contributed by atoms with Crippen molar-refractivity contribution in [2.75, 3.05) is 0 Å². The Bertz CT molecular complexity index is 532. The van der Waals surface area contributed by atoms with Crippen molar-refractivity contribution in [2.24, 2.45) is 0 Å². The second kappa shape index (κ2) is 4.69. The molecule has 0 bridgehead atoms. The fraction of sp³-hybridized carbons (Fsp3) is 0.429. The summed E-state index contributed by atoms with van der Waals surface area (Å²) in [6, 6.07) is 7.17. The van der Waals surface area contributed by atoms with E-state index >= 15 is 0 Å². The summed E-state index contributed by atoms with van der Waals surface area (Å²) in [5, 5.41) is 9.34. The number of nitriles is 1. The van der Waals surface area contributed by atoms with Crippen LogP contribution in [0.5, 0.6) is 0 Å². The van der Waals surface area contributed by atoms with Crippen LogP contribution in [-0.2, 0) is 16.4 Å². The number of Topliss-reactive ketones (excluding diaryl/α,β-unsaturated/α-hetero) is 1. The van der Waals surface area contributed by atoms with Crippen LogP contribution in [0, 0.1) is 11.3 Å². The van der Waals surface area contributed by atoms with Gasteiger partial charge in [-0.3, -0.25) is 4.79 Å². The molecular formula is C14H12F3NO. The van der Waals surface area contributed by atoms with E-state index in [1.54, 1.807) is 0 Å². The van der Waals surface area contributed by atoms with E-state index in [0.29, 0.717) is 0 Å². The van der Waals surface area contributed by atoms with Crippen LogP contribution in [0.2, 0.25) is 0 Å². The lowest BCUT2D eigenvalue weighted by atomic mass is 9.69. The van der Waals surface area contributed by atoms with Gasteiger partial charge in [0.1, 0.15) is 5.78 Å². The normalized spacial score (nSPS) is 18.9. The van der Waals surface area contributed by atoms with Crippen LogP contribution in [-0.4, -0.2) is 5.78 Å². The molecule has 0 unspecified atom stereocenters. The first-order valence-electron chi connectivity index (χ1n) is 5.99. The van der Waals surface area contributed by atoms with Gasteiger partial charge >= 0.3 is 6.18 Å². The van der Waals surface area contributed by atoms with Gasteiger partial charge in [-0.05, 0) is 24.5 Å². The van der Waals surface area contributed by atoms with Gasteiger partial charge in [0.15, 0.2) is 0 Å². The lowest BCUT2D eigenvalue weighted by Crippen LogP contribution is -2.32. The third-order valence-corrected chi connectivity index (χ3v) is 3.62. The number of carbonyl (C=O) groups is 1. The fourth-order valence-electron chi connectivity index (χ4n) is 2.54. The van der Waals surface area contributed by atoms with Gasteiger partial charge in [-0.15, -0.1) is 0 Å². The first-order valence-corrected chi connectivity index (χ1v) is 5.99. The van der Waals surface area contributed by atoms with E-state index in [9.17, 15) is 23.2 Å². The molecule has 19 heavy (non-hydrogen) atoms. The molecule has 100 valence electrons. The number of rotatable bonds is 1. The van der Waals surface area contributed by atoms with Crippen LogP contribution in [0.1, 0.15) is 36.8 Å². The minimum atomic E-state index is -4.48. The molecule has 0 saturated heterocycles. The quantitative estimate of drug-likeness (QED) is 0.779. The predicted molar refractivity (Wildman–Crippen MR) is 62.2 cm³/mol. The molecule has 1 fully saturated rings. The number of hydrogen-bond acceptors (Lipinski definition) is 2. The Hall–Kier alpha value is -1.83. The summed E-state index contributed by atoms with van der Waals surface area (Å²) in [6.07, 6.45) is -3.83. The molecule has 1 aliphatic rings.